The maximum atomic E-state index is 10.7. The van der Waals surface area contributed by atoms with E-state index < -0.39 is 12.1 Å². The number of aliphatic hydroxyl groups excluding tert-OH is 1. The summed E-state index contributed by atoms with van der Waals surface area (Å²) in [6, 6.07) is 15.5. The molecule has 0 saturated carbocycles. The van der Waals surface area contributed by atoms with E-state index >= 15 is 0 Å². The number of aliphatic carboxylic acids is 1. The molecular formula is C14H12O4. The fourth-order valence-corrected chi connectivity index (χ4v) is 1.52. The van der Waals surface area contributed by atoms with Gasteiger partial charge in [0.05, 0.1) is 0 Å². The lowest BCUT2D eigenvalue weighted by molar-refractivity contribution is -0.146. The number of carboxylic acids is 1. The largest absolute Gasteiger partial charge is 0.479 e. The summed E-state index contributed by atoms with van der Waals surface area (Å²) >= 11 is 0. The Balaban J connectivity index is 2.20. The molecule has 0 aromatic heterocycles. The molecule has 0 saturated heterocycles. The molecule has 4 heteroatoms. The summed E-state index contributed by atoms with van der Waals surface area (Å²) in [4.78, 5) is 10.7. The second kappa shape index (κ2) is 5.33. The number of hydrogen-bond donors (Lipinski definition) is 2. The molecule has 0 radical (unpaired) electrons. The van der Waals surface area contributed by atoms with Crippen LogP contribution in [0.25, 0.3) is 0 Å². The van der Waals surface area contributed by atoms with Crippen molar-refractivity contribution in [1.82, 2.24) is 0 Å². The highest BCUT2D eigenvalue weighted by atomic mass is 16.5. The Hall–Kier alpha value is -2.33. The van der Waals surface area contributed by atoms with Crippen molar-refractivity contribution in [3.05, 3.63) is 60.2 Å². The predicted octanol–water partition coefficient (Wildman–Crippen LogP) is 2.60. The van der Waals surface area contributed by atoms with Crippen LogP contribution in [-0.2, 0) is 4.79 Å². The lowest BCUT2D eigenvalue weighted by Crippen LogP contribution is -2.10. The first-order chi connectivity index (χ1) is 8.66. The average Bonchev–Trinajstić information content (AvgIpc) is 2.39. The maximum Gasteiger partial charge on any atom is 0.337 e. The molecule has 1 atom stereocenters. The quantitative estimate of drug-likeness (QED) is 0.867. The van der Waals surface area contributed by atoms with Crippen molar-refractivity contribution in [3.8, 4) is 11.5 Å². The van der Waals surface area contributed by atoms with Crippen LogP contribution in [0.3, 0.4) is 0 Å². The zero-order valence-corrected chi connectivity index (χ0v) is 9.48. The summed E-state index contributed by atoms with van der Waals surface area (Å²) in [5, 5.41) is 18.2. The topological polar surface area (TPSA) is 66.8 Å². The lowest BCUT2D eigenvalue weighted by Gasteiger charge is -2.09. The fraction of sp³-hybridized carbons (Fsp3) is 0.0714. The van der Waals surface area contributed by atoms with Gasteiger partial charge in [-0.05, 0) is 29.8 Å². The summed E-state index contributed by atoms with van der Waals surface area (Å²) in [6.07, 6.45) is -1.54. The molecule has 1 unspecified atom stereocenters. The van der Waals surface area contributed by atoms with Crippen molar-refractivity contribution in [2.45, 2.75) is 6.10 Å². The number of para-hydroxylation sites is 1. The number of hydrogen-bond acceptors (Lipinski definition) is 3. The van der Waals surface area contributed by atoms with E-state index in [9.17, 15) is 9.90 Å². The number of carboxylic acid groups (broad SMARTS) is 1. The minimum Gasteiger partial charge on any atom is -0.479 e. The van der Waals surface area contributed by atoms with E-state index in [-0.39, 0.29) is 5.56 Å². The van der Waals surface area contributed by atoms with Gasteiger partial charge >= 0.3 is 5.97 Å². The Morgan fingerprint density at radius 2 is 1.67 bits per heavy atom. The van der Waals surface area contributed by atoms with E-state index in [1.54, 1.807) is 24.3 Å². The zero-order valence-electron chi connectivity index (χ0n) is 9.48. The van der Waals surface area contributed by atoms with Crippen LogP contribution in [0.1, 0.15) is 11.7 Å². The zero-order chi connectivity index (χ0) is 13.0. The third-order valence-corrected chi connectivity index (χ3v) is 2.39. The molecule has 0 aliphatic carbocycles. The predicted molar refractivity (Wildman–Crippen MR) is 65.6 cm³/mol. The van der Waals surface area contributed by atoms with Crippen molar-refractivity contribution in [3.63, 3.8) is 0 Å². The van der Waals surface area contributed by atoms with Crippen LogP contribution in [0.4, 0.5) is 0 Å². The van der Waals surface area contributed by atoms with Crippen LogP contribution in [-0.4, -0.2) is 16.2 Å². The Morgan fingerprint density at radius 1 is 1.00 bits per heavy atom. The first-order valence-electron chi connectivity index (χ1n) is 5.40. The first kappa shape index (κ1) is 12.1. The van der Waals surface area contributed by atoms with Crippen LogP contribution in [0, 0.1) is 0 Å². The minimum absolute atomic E-state index is 0.288. The lowest BCUT2D eigenvalue weighted by atomic mass is 10.1. The van der Waals surface area contributed by atoms with Gasteiger partial charge in [-0.3, -0.25) is 0 Å². The van der Waals surface area contributed by atoms with Crippen molar-refractivity contribution in [1.29, 1.82) is 0 Å². The molecular weight excluding hydrogens is 232 g/mol. The molecule has 2 rings (SSSR count). The normalized spacial score (nSPS) is 11.8. The van der Waals surface area contributed by atoms with E-state index in [4.69, 9.17) is 9.84 Å². The summed E-state index contributed by atoms with van der Waals surface area (Å²) in [5.41, 5.74) is 0.288. The van der Waals surface area contributed by atoms with Crippen LogP contribution in [0.2, 0.25) is 0 Å². The van der Waals surface area contributed by atoms with Gasteiger partial charge in [-0.25, -0.2) is 4.79 Å². The summed E-state index contributed by atoms with van der Waals surface area (Å²) in [6.45, 7) is 0. The van der Waals surface area contributed by atoms with Crippen LogP contribution < -0.4 is 4.74 Å². The van der Waals surface area contributed by atoms with Gasteiger partial charge in [0.2, 0.25) is 0 Å². The highest BCUT2D eigenvalue weighted by molar-refractivity contribution is 5.74. The third kappa shape index (κ3) is 2.87. The number of rotatable bonds is 4. The molecule has 0 spiro atoms. The molecule has 0 aliphatic heterocycles. The second-order valence-corrected chi connectivity index (χ2v) is 3.73. The number of carbonyl (C=O) groups is 1. The fourth-order valence-electron chi connectivity index (χ4n) is 1.52. The first-order valence-corrected chi connectivity index (χ1v) is 5.40. The van der Waals surface area contributed by atoms with Crippen LogP contribution in [0.5, 0.6) is 11.5 Å². The summed E-state index contributed by atoms with van der Waals surface area (Å²) in [5.74, 6) is -0.148. The molecule has 2 aromatic carbocycles. The number of aliphatic hydroxyl groups is 1. The van der Waals surface area contributed by atoms with Gasteiger partial charge in [-0.15, -0.1) is 0 Å². The molecule has 0 aliphatic rings. The molecule has 0 fully saturated rings. The third-order valence-electron chi connectivity index (χ3n) is 2.39. The van der Waals surface area contributed by atoms with Crippen LogP contribution >= 0.6 is 0 Å². The highest BCUT2D eigenvalue weighted by Gasteiger charge is 2.16. The molecule has 92 valence electrons. The van der Waals surface area contributed by atoms with E-state index in [1.807, 2.05) is 18.2 Å². The number of benzene rings is 2. The van der Waals surface area contributed by atoms with E-state index in [0.717, 1.165) is 0 Å². The van der Waals surface area contributed by atoms with Crippen molar-refractivity contribution >= 4 is 5.97 Å². The van der Waals surface area contributed by atoms with Gasteiger partial charge in [-0.2, -0.15) is 0 Å². The van der Waals surface area contributed by atoms with Gasteiger partial charge in [0.1, 0.15) is 11.5 Å². The van der Waals surface area contributed by atoms with Gasteiger partial charge in [0.25, 0.3) is 0 Å². The van der Waals surface area contributed by atoms with Gasteiger partial charge < -0.3 is 14.9 Å². The molecule has 0 heterocycles. The monoisotopic (exact) mass is 244 g/mol. The van der Waals surface area contributed by atoms with E-state index in [0.29, 0.717) is 11.5 Å². The SMILES string of the molecule is O=C(O)C(O)c1cccc(Oc2ccccc2)c1. The molecule has 0 bridgehead atoms. The molecule has 2 aromatic rings. The standard InChI is InChI=1S/C14H12O4/c15-13(14(16)17)10-5-4-8-12(9-10)18-11-6-2-1-3-7-11/h1-9,13,15H,(H,16,17). The molecule has 4 nitrogen and oxygen atoms in total. The Kier molecular flexibility index (Phi) is 3.60. The molecule has 0 amide bonds. The molecule has 18 heavy (non-hydrogen) atoms. The Bertz CT molecular complexity index is 537. The molecule has 2 N–H and O–H groups in total. The number of ether oxygens (including phenoxy) is 1. The van der Waals surface area contributed by atoms with Crippen molar-refractivity contribution in [2.75, 3.05) is 0 Å². The van der Waals surface area contributed by atoms with Crippen LogP contribution in [0.15, 0.2) is 54.6 Å². The van der Waals surface area contributed by atoms with Gasteiger partial charge in [0, 0.05) is 0 Å². The van der Waals surface area contributed by atoms with E-state index in [1.165, 1.54) is 12.1 Å². The van der Waals surface area contributed by atoms with Crippen molar-refractivity contribution in [2.24, 2.45) is 0 Å². The summed E-state index contributed by atoms with van der Waals surface area (Å²) in [7, 11) is 0. The second-order valence-electron chi connectivity index (χ2n) is 3.73. The van der Waals surface area contributed by atoms with E-state index in [2.05, 4.69) is 0 Å². The Labute approximate surface area is 104 Å². The van der Waals surface area contributed by atoms with Gasteiger partial charge in [-0.1, -0.05) is 30.3 Å². The smallest absolute Gasteiger partial charge is 0.337 e. The minimum atomic E-state index is -1.54. The van der Waals surface area contributed by atoms with Gasteiger partial charge in [0.15, 0.2) is 6.10 Å². The maximum absolute atomic E-state index is 10.7. The Morgan fingerprint density at radius 3 is 2.33 bits per heavy atom. The van der Waals surface area contributed by atoms with Crippen molar-refractivity contribution < 1.29 is 19.7 Å². The highest BCUT2D eigenvalue weighted by Crippen LogP contribution is 2.24. The summed E-state index contributed by atoms with van der Waals surface area (Å²) < 4.78 is 5.54. The average molecular weight is 244 g/mol.